The van der Waals surface area contributed by atoms with Crippen molar-refractivity contribution >= 4 is 33.4 Å². The maximum absolute atomic E-state index is 12.2. The van der Waals surface area contributed by atoms with E-state index >= 15 is 0 Å². The lowest BCUT2D eigenvalue weighted by Gasteiger charge is -2.22. The van der Waals surface area contributed by atoms with Crippen LogP contribution in [0.1, 0.15) is 26.7 Å². The lowest BCUT2D eigenvalue weighted by atomic mass is 10.1. The second-order valence-corrected chi connectivity index (χ2v) is 6.47. The van der Waals surface area contributed by atoms with Gasteiger partial charge in [-0.1, -0.05) is 11.6 Å². The highest BCUT2D eigenvalue weighted by Crippen LogP contribution is 2.28. The number of benzene rings is 1. The minimum Gasteiger partial charge on any atom is -0.480 e. The van der Waals surface area contributed by atoms with Gasteiger partial charge in [0.05, 0.1) is 16.6 Å². The zero-order valence-corrected chi connectivity index (χ0v) is 14.4. The number of halogens is 2. The molecule has 1 N–H and O–H groups in total. The van der Waals surface area contributed by atoms with E-state index in [4.69, 9.17) is 21.1 Å². The molecule has 0 saturated carbocycles. The fourth-order valence-corrected chi connectivity index (χ4v) is 3.02. The highest BCUT2D eigenvalue weighted by Gasteiger charge is 2.26. The van der Waals surface area contributed by atoms with Crippen molar-refractivity contribution < 1.29 is 14.3 Å². The molecule has 0 aromatic heterocycles. The quantitative estimate of drug-likeness (QED) is 0.855. The van der Waals surface area contributed by atoms with Gasteiger partial charge in [0.1, 0.15) is 5.75 Å². The topological polar surface area (TPSA) is 47.6 Å². The summed E-state index contributed by atoms with van der Waals surface area (Å²) in [6.07, 6.45) is 1.54. The van der Waals surface area contributed by atoms with Crippen molar-refractivity contribution in [2.45, 2.75) is 44.9 Å². The van der Waals surface area contributed by atoms with Crippen LogP contribution >= 0.6 is 27.5 Å². The Balaban J connectivity index is 1.89. The SMILES string of the molecule is CC(Oc1ccc(Cl)cc1Br)C(=O)NC(C)C1CCCO1. The van der Waals surface area contributed by atoms with E-state index in [1.807, 2.05) is 6.92 Å². The summed E-state index contributed by atoms with van der Waals surface area (Å²) in [5, 5.41) is 3.55. The molecular formula is C15H19BrClNO3. The molecule has 1 fully saturated rings. The molecule has 0 aliphatic carbocycles. The first-order valence-corrected chi connectivity index (χ1v) is 8.18. The van der Waals surface area contributed by atoms with Gasteiger partial charge in [-0.25, -0.2) is 0 Å². The predicted molar refractivity (Wildman–Crippen MR) is 85.8 cm³/mol. The van der Waals surface area contributed by atoms with Gasteiger partial charge in [0.15, 0.2) is 6.10 Å². The van der Waals surface area contributed by atoms with E-state index in [-0.39, 0.29) is 18.1 Å². The normalized spacial score (nSPS) is 20.9. The first-order valence-electron chi connectivity index (χ1n) is 7.01. The lowest BCUT2D eigenvalue weighted by molar-refractivity contribution is -0.128. The van der Waals surface area contributed by atoms with Crippen molar-refractivity contribution in [3.05, 3.63) is 27.7 Å². The molecule has 0 spiro atoms. The molecule has 6 heteroatoms. The Morgan fingerprint density at radius 2 is 2.29 bits per heavy atom. The Bertz CT molecular complexity index is 506. The van der Waals surface area contributed by atoms with Crippen LogP contribution in [0.2, 0.25) is 5.02 Å². The van der Waals surface area contributed by atoms with E-state index in [1.54, 1.807) is 25.1 Å². The summed E-state index contributed by atoms with van der Waals surface area (Å²) >= 11 is 9.25. The van der Waals surface area contributed by atoms with Crippen molar-refractivity contribution in [1.82, 2.24) is 5.32 Å². The van der Waals surface area contributed by atoms with E-state index in [9.17, 15) is 4.79 Å². The third kappa shape index (κ3) is 4.59. The summed E-state index contributed by atoms with van der Waals surface area (Å²) in [4.78, 5) is 12.2. The van der Waals surface area contributed by atoms with Crippen LogP contribution in [0.15, 0.2) is 22.7 Å². The summed E-state index contributed by atoms with van der Waals surface area (Å²) in [6.45, 7) is 4.45. The van der Waals surface area contributed by atoms with Gasteiger partial charge in [-0.3, -0.25) is 4.79 Å². The largest absolute Gasteiger partial charge is 0.480 e. The van der Waals surface area contributed by atoms with Crippen LogP contribution < -0.4 is 10.1 Å². The highest BCUT2D eigenvalue weighted by molar-refractivity contribution is 9.10. The van der Waals surface area contributed by atoms with Crippen molar-refractivity contribution in [3.63, 3.8) is 0 Å². The Morgan fingerprint density at radius 1 is 1.52 bits per heavy atom. The summed E-state index contributed by atoms with van der Waals surface area (Å²) in [6, 6.07) is 5.18. The van der Waals surface area contributed by atoms with Crippen LogP contribution in [0, 0.1) is 0 Å². The van der Waals surface area contributed by atoms with Crippen LogP contribution in [0.5, 0.6) is 5.75 Å². The number of amides is 1. The Morgan fingerprint density at radius 3 is 2.90 bits per heavy atom. The Hall–Kier alpha value is -0.780. The van der Waals surface area contributed by atoms with Crippen molar-refractivity contribution in [1.29, 1.82) is 0 Å². The molecule has 1 amide bonds. The Kier molecular flexibility index (Phi) is 5.90. The number of hydrogen-bond donors (Lipinski definition) is 1. The molecule has 0 bridgehead atoms. The first kappa shape index (κ1) is 16.6. The monoisotopic (exact) mass is 375 g/mol. The van der Waals surface area contributed by atoms with Crippen molar-refractivity contribution in [2.24, 2.45) is 0 Å². The molecule has 3 atom stereocenters. The van der Waals surface area contributed by atoms with E-state index in [0.717, 1.165) is 23.9 Å². The standard InChI is InChI=1S/C15H19BrClNO3/c1-9(13-4-3-7-20-13)18-15(19)10(2)21-14-6-5-11(17)8-12(14)16/h5-6,8-10,13H,3-4,7H2,1-2H3,(H,18,19). The molecule has 1 heterocycles. The number of nitrogens with one attached hydrogen (secondary N) is 1. The molecular weight excluding hydrogens is 358 g/mol. The average molecular weight is 377 g/mol. The first-order chi connectivity index (χ1) is 9.97. The van der Waals surface area contributed by atoms with Gasteiger partial charge in [-0.15, -0.1) is 0 Å². The molecule has 2 rings (SSSR count). The van der Waals surface area contributed by atoms with E-state index in [1.165, 1.54) is 0 Å². The summed E-state index contributed by atoms with van der Waals surface area (Å²) in [5.74, 6) is 0.437. The molecule has 4 nitrogen and oxygen atoms in total. The van der Waals surface area contributed by atoms with Crippen LogP contribution in [-0.4, -0.2) is 30.8 Å². The van der Waals surface area contributed by atoms with E-state index in [0.29, 0.717) is 10.8 Å². The second-order valence-electron chi connectivity index (χ2n) is 5.18. The van der Waals surface area contributed by atoms with Crippen LogP contribution in [0.4, 0.5) is 0 Å². The van der Waals surface area contributed by atoms with Crippen LogP contribution in [0.3, 0.4) is 0 Å². The molecule has 1 aliphatic rings. The van der Waals surface area contributed by atoms with Gasteiger partial charge < -0.3 is 14.8 Å². The van der Waals surface area contributed by atoms with Crippen LogP contribution in [-0.2, 0) is 9.53 Å². The average Bonchev–Trinajstić information content (AvgIpc) is 2.95. The van der Waals surface area contributed by atoms with Gasteiger partial charge in [0.25, 0.3) is 5.91 Å². The van der Waals surface area contributed by atoms with Gasteiger partial charge in [0, 0.05) is 11.6 Å². The minimum absolute atomic E-state index is 0.0142. The fraction of sp³-hybridized carbons (Fsp3) is 0.533. The predicted octanol–water partition coefficient (Wildman–Crippen LogP) is 3.55. The number of rotatable bonds is 5. The highest BCUT2D eigenvalue weighted by atomic mass is 79.9. The minimum atomic E-state index is -0.591. The summed E-state index contributed by atoms with van der Waals surface area (Å²) < 4.78 is 12.0. The smallest absolute Gasteiger partial charge is 0.261 e. The molecule has 21 heavy (non-hydrogen) atoms. The lowest BCUT2D eigenvalue weighted by Crippen LogP contribution is -2.46. The third-order valence-corrected chi connectivity index (χ3v) is 4.31. The maximum atomic E-state index is 12.2. The zero-order chi connectivity index (χ0) is 15.4. The third-order valence-electron chi connectivity index (χ3n) is 3.46. The number of carbonyl (C=O) groups is 1. The molecule has 1 aromatic carbocycles. The second kappa shape index (κ2) is 7.47. The van der Waals surface area contributed by atoms with E-state index in [2.05, 4.69) is 21.2 Å². The van der Waals surface area contributed by atoms with Gasteiger partial charge in [-0.05, 0) is 60.8 Å². The number of carbonyl (C=O) groups excluding carboxylic acids is 1. The Labute approximate surface area is 138 Å². The maximum Gasteiger partial charge on any atom is 0.261 e. The summed E-state index contributed by atoms with van der Waals surface area (Å²) in [5.41, 5.74) is 0. The van der Waals surface area contributed by atoms with Gasteiger partial charge in [0.2, 0.25) is 0 Å². The van der Waals surface area contributed by atoms with Gasteiger partial charge >= 0.3 is 0 Å². The molecule has 116 valence electrons. The molecule has 1 saturated heterocycles. The molecule has 1 aliphatic heterocycles. The fourth-order valence-electron chi connectivity index (χ4n) is 2.25. The van der Waals surface area contributed by atoms with Gasteiger partial charge in [-0.2, -0.15) is 0 Å². The zero-order valence-electron chi connectivity index (χ0n) is 12.1. The van der Waals surface area contributed by atoms with Crippen molar-refractivity contribution in [2.75, 3.05) is 6.61 Å². The molecule has 3 unspecified atom stereocenters. The van der Waals surface area contributed by atoms with Crippen molar-refractivity contribution in [3.8, 4) is 5.75 Å². The summed E-state index contributed by atoms with van der Waals surface area (Å²) in [7, 11) is 0. The van der Waals surface area contributed by atoms with E-state index < -0.39 is 6.10 Å². The van der Waals surface area contributed by atoms with Crippen LogP contribution in [0.25, 0.3) is 0 Å². The molecule has 1 aromatic rings. The number of hydrogen-bond acceptors (Lipinski definition) is 3. The molecule has 0 radical (unpaired) electrons. The number of ether oxygens (including phenoxy) is 2.